The van der Waals surface area contributed by atoms with Crippen molar-refractivity contribution in [2.45, 2.75) is 6.82 Å². The van der Waals surface area contributed by atoms with Crippen LogP contribution >= 0.6 is 0 Å². The maximum atomic E-state index is 9.08. The molecule has 4 heteroatoms. The molecule has 2 N–H and O–H groups in total. The predicted octanol–water partition coefficient (Wildman–Crippen LogP) is -0.998. The Kier molecular flexibility index (Phi) is 2.51. The molecular formula is C5H13BN2O. The van der Waals surface area contributed by atoms with Crippen molar-refractivity contribution in [3.8, 4) is 0 Å². The maximum Gasteiger partial charge on any atom is 0.376 e. The second-order valence-corrected chi connectivity index (χ2v) is 2.42. The van der Waals surface area contributed by atoms with Crippen molar-refractivity contribution >= 4 is 7.05 Å². The first-order valence-corrected chi connectivity index (χ1v) is 3.43. The van der Waals surface area contributed by atoms with E-state index < -0.39 is 0 Å². The third-order valence-electron chi connectivity index (χ3n) is 1.68. The van der Waals surface area contributed by atoms with Gasteiger partial charge < -0.3 is 15.2 Å². The molecular weight excluding hydrogens is 115 g/mol. The zero-order valence-corrected chi connectivity index (χ0v) is 5.80. The minimum Gasteiger partial charge on any atom is -0.437 e. The summed E-state index contributed by atoms with van der Waals surface area (Å²) in [6.45, 7) is 5.76. The van der Waals surface area contributed by atoms with Crippen molar-refractivity contribution < 1.29 is 5.02 Å². The Hall–Kier alpha value is -0.0551. The number of hydrogen-bond acceptors (Lipinski definition) is 3. The van der Waals surface area contributed by atoms with Gasteiger partial charge in [-0.1, -0.05) is 0 Å². The second-order valence-electron chi connectivity index (χ2n) is 2.42. The lowest BCUT2D eigenvalue weighted by molar-refractivity contribution is 0.324. The minimum absolute atomic E-state index is 0.271. The molecule has 1 aliphatic heterocycles. The summed E-state index contributed by atoms with van der Waals surface area (Å²) in [4.78, 5) is 2.05. The topological polar surface area (TPSA) is 35.5 Å². The van der Waals surface area contributed by atoms with Gasteiger partial charge in [0, 0.05) is 26.2 Å². The molecule has 1 saturated heterocycles. The Morgan fingerprint density at radius 2 is 2.00 bits per heavy atom. The average molecular weight is 128 g/mol. The monoisotopic (exact) mass is 128 g/mol. The third kappa shape index (κ3) is 1.97. The highest BCUT2D eigenvalue weighted by atomic mass is 16.2. The summed E-state index contributed by atoms with van der Waals surface area (Å²) in [7, 11) is -0.271. The van der Waals surface area contributed by atoms with Crippen LogP contribution in [0.5, 0.6) is 0 Å². The van der Waals surface area contributed by atoms with Crippen LogP contribution in [0.4, 0.5) is 0 Å². The Labute approximate surface area is 56.2 Å². The molecule has 0 saturated carbocycles. The molecule has 0 radical (unpaired) electrons. The Morgan fingerprint density at radius 1 is 1.44 bits per heavy atom. The van der Waals surface area contributed by atoms with Gasteiger partial charge in [-0.05, 0) is 6.82 Å². The minimum atomic E-state index is -0.271. The molecule has 0 aromatic heterocycles. The smallest absolute Gasteiger partial charge is 0.376 e. The fourth-order valence-electron chi connectivity index (χ4n) is 1.06. The van der Waals surface area contributed by atoms with Gasteiger partial charge in [-0.15, -0.1) is 0 Å². The Bertz CT molecular complexity index is 83.0. The van der Waals surface area contributed by atoms with E-state index in [-0.39, 0.29) is 7.05 Å². The van der Waals surface area contributed by atoms with Gasteiger partial charge in [0.05, 0.1) is 0 Å². The van der Waals surface area contributed by atoms with E-state index in [1.54, 1.807) is 0 Å². The molecule has 0 atom stereocenters. The summed E-state index contributed by atoms with van der Waals surface area (Å²) in [6, 6.07) is 0. The fraction of sp³-hybridized carbons (Fsp3) is 1.00. The number of nitrogens with zero attached hydrogens (tertiary/aromatic N) is 1. The van der Waals surface area contributed by atoms with Crippen molar-refractivity contribution in [3.63, 3.8) is 0 Å². The van der Waals surface area contributed by atoms with Gasteiger partial charge in [0.15, 0.2) is 0 Å². The van der Waals surface area contributed by atoms with Gasteiger partial charge in [-0.3, -0.25) is 0 Å². The van der Waals surface area contributed by atoms with Crippen molar-refractivity contribution in [3.05, 3.63) is 0 Å². The van der Waals surface area contributed by atoms with Crippen LogP contribution in [0.1, 0.15) is 0 Å². The molecule has 0 aliphatic carbocycles. The van der Waals surface area contributed by atoms with E-state index in [4.69, 9.17) is 5.02 Å². The summed E-state index contributed by atoms with van der Waals surface area (Å²) in [6.07, 6.45) is 0. The normalized spacial score (nSPS) is 22.0. The molecule has 1 heterocycles. The molecule has 1 rings (SSSR count). The van der Waals surface area contributed by atoms with Crippen LogP contribution in [0.25, 0.3) is 0 Å². The summed E-state index contributed by atoms with van der Waals surface area (Å²) in [5.74, 6) is 0. The third-order valence-corrected chi connectivity index (χ3v) is 1.68. The molecule has 0 bridgehead atoms. The molecule has 1 fully saturated rings. The number of rotatable bonds is 1. The highest BCUT2D eigenvalue weighted by Crippen LogP contribution is 1.92. The highest BCUT2D eigenvalue weighted by molar-refractivity contribution is 6.45. The van der Waals surface area contributed by atoms with Crippen molar-refractivity contribution in [1.29, 1.82) is 0 Å². The molecule has 3 nitrogen and oxygen atoms in total. The molecule has 52 valence electrons. The van der Waals surface area contributed by atoms with Gasteiger partial charge in [0.2, 0.25) is 0 Å². The van der Waals surface area contributed by atoms with Crippen LogP contribution in [0.15, 0.2) is 0 Å². The number of nitrogens with one attached hydrogen (secondary N) is 1. The predicted molar refractivity (Wildman–Crippen MR) is 38.3 cm³/mol. The van der Waals surface area contributed by atoms with Crippen LogP contribution in [-0.4, -0.2) is 43.1 Å². The van der Waals surface area contributed by atoms with Crippen molar-refractivity contribution in [1.82, 2.24) is 10.1 Å². The summed E-state index contributed by atoms with van der Waals surface area (Å²) in [5, 5.41) is 12.3. The van der Waals surface area contributed by atoms with Crippen LogP contribution in [0.3, 0.4) is 0 Å². The molecule has 0 spiro atoms. The van der Waals surface area contributed by atoms with Gasteiger partial charge in [0.25, 0.3) is 0 Å². The van der Waals surface area contributed by atoms with E-state index >= 15 is 0 Å². The molecule has 9 heavy (non-hydrogen) atoms. The molecule has 1 aliphatic rings. The molecule has 0 aromatic carbocycles. The second kappa shape index (κ2) is 3.20. The Balaban J connectivity index is 2.23. The van der Waals surface area contributed by atoms with E-state index in [1.807, 2.05) is 6.82 Å². The van der Waals surface area contributed by atoms with Gasteiger partial charge in [-0.2, -0.15) is 0 Å². The zero-order valence-electron chi connectivity index (χ0n) is 5.80. The quantitative estimate of drug-likeness (QED) is 0.444. The zero-order chi connectivity index (χ0) is 6.69. The SMILES string of the molecule is CB(O)N1CCNCC1. The summed E-state index contributed by atoms with van der Waals surface area (Å²) < 4.78 is 0. The first-order valence-electron chi connectivity index (χ1n) is 3.43. The largest absolute Gasteiger partial charge is 0.437 e. The van der Waals surface area contributed by atoms with E-state index in [2.05, 4.69) is 10.1 Å². The number of hydrogen-bond donors (Lipinski definition) is 2. The average Bonchev–Trinajstić information content (AvgIpc) is 1.90. The highest BCUT2D eigenvalue weighted by Gasteiger charge is 2.16. The van der Waals surface area contributed by atoms with Crippen LogP contribution in [0.2, 0.25) is 6.82 Å². The van der Waals surface area contributed by atoms with Crippen molar-refractivity contribution in [2.75, 3.05) is 26.2 Å². The van der Waals surface area contributed by atoms with Crippen LogP contribution in [0, 0.1) is 0 Å². The molecule has 0 unspecified atom stereocenters. The van der Waals surface area contributed by atoms with Gasteiger partial charge >= 0.3 is 7.05 Å². The fourth-order valence-corrected chi connectivity index (χ4v) is 1.06. The summed E-state index contributed by atoms with van der Waals surface area (Å²) in [5.41, 5.74) is 0. The van der Waals surface area contributed by atoms with Crippen LogP contribution in [-0.2, 0) is 0 Å². The van der Waals surface area contributed by atoms with E-state index in [0.717, 1.165) is 26.2 Å². The van der Waals surface area contributed by atoms with Crippen molar-refractivity contribution in [2.24, 2.45) is 0 Å². The lowest BCUT2D eigenvalue weighted by Gasteiger charge is -2.27. The number of piperazine rings is 1. The van der Waals surface area contributed by atoms with Crippen LogP contribution < -0.4 is 5.32 Å². The maximum absolute atomic E-state index is 9.08. The standard InChI is InChI=1S/C5H13BN2O/c1-6(9)8-4-2-7-3-5-8/h7,9H,2-5H2,1H3. The van der Waals surface area contributed by atoms with E-state index in [1.165, 1.54) is 0 Å². The van der Waals surface area contributed by atoms with E-state index in [0.29, 0.717) is 0 Å². The summed E-state index contributed by atoms with van der Waals surface area (Å²) >= 11 is 0. The van der Waals surface area contributed by atoms with Gasteiger partial charge in [-0.25, -0.2) is 0 Å². The Morgan fingerprint density at radius 3 is 2.33 bits per heavy atom. The molecule has 0 amide bonds. The van der Waals surface area contributed by atoms with E-state index in [9.17, 15) is 0 Å². The first kappa shape index (κ1) is 7.06. The molecule has 0 aromatic rings. The first-order chi connectivity index (χ1) is 4.30. The lowest BCUT2D eigenvalue weighted by atomic mass is 9.84. The lowest BCUT2D eigenvalue weighted by Crippen LogP contribution is -2.49. The van der Waals surface area contributed by atoms with Gasteiger partial charge in [0.1, 0.15) is 0 Å².